The van der Waals surface area contributed by atoms with Crippen LogP contribution in [0.25, 0.3) is 78.5 Å². The number of hydrogen-bond acceptors (Lipinski definition) is 7. The molecule has 1 aliphatic carbocycles. The molecule has 0 amide bonds. The molecule has 0 saturated carbocycles. The molecule has 1 aliphatic heterocycles. The van der Waals surface area contributed by atoms with E-state index in [0.717, 1.165) is 38.9 Å². The van der Waals surface area contributed by atoms with E-state index in [2.05, 4.69) is 137 Å². The van der Waals surface area contributed by atoms with Crippen LogP contribution in [-0.4, -0.2) is 19.9 Å². The van der Waals surface area contributed by atoms with Crippen molar-refractivity contribution in [1.82, 2.24) is 19.9 Å². The highest BCUT2D eigenvalue weighted by Crippen LogP contribution is 2.62. The lowest BCUT2D eigenvalue weighted by Gasteiger charge is -2.39. The molecule has 7 heteroatoms. The lowest BCUT2D eigenvalue weighted by molar-refractivity contribution is 0.616. The van der Waals surface area contributed by atoms with Crippen LogP contribution in [0, 0.1) is 0 Å². The molecule has 0 N–H and O–H groups in total. The van der Waals surface area contributed by atoms with Crippen molar-refractivity contribution in [3.63, 3.8) is 0 Å². The predicted molar refractivity (Wildman–Crippen MR) is 220 cm³/mol. The van der Waals surface area contributed by atoms with Crippen molar-refractivity contribution in [2.45, 2.75) is 15.2 Å². The zero-order valence-corrected chi connectivity index (χ0v) is 30.5. The van der Waals surface area contributed by atoms with Crippen molar-refractivity contribution in [2.75, 3.05) is 0 Å². The van der Waals surface area contributed by atoms with Crippen LogP contribution in [0.1, 0.15) is 22.3 Å². The van der Waals surface area contributed by atoms with Gasteiger partial charge >= 0.3 is 0 Å². The molecular formula is C49H28N4O2S. The molecular weight excluding hydrogens is 709 g/mol. The maximum absolute atomic E-state index is 6.19. The Morgan fingerprint density at radius 1 is 0.411 bits per heavy atom. The van der Waals surface area contributed by atoms with E-state index in [9.17, 15) is 0 Å². The van der Waals surface area contributed by atoms with E-state index >= 15 is 0 Å². The molecule has 2 aliphatic rings. The van der Waals surface area contributed by atoms with Crippen molar-refractivity contribution in [3.05, 3.63) is 193 Å². The second-order valence-electron chi connectivity index (χ2n) is 14.3. The average molecular weight is 737 g/mol. The SMILES string of the molecule is c1ccc2c(c1)Sc1ccccc1C21c2ccccc2-c2ccc(-c3ccc(-c4cc(-c5nc6ccncc6o5)cc(-c5nc6ccncc6o5)c4)cc3)cc21. The van der Waals surface area contributed by atoms with Crippen molar-refractivity contribution in [1.29, 1.82) is 0 Å². The Bertz CT molecular complexity index is 3000. The van der Waals surface area contributed by atoms with Crippen LogP contribution in [0.2, 0.25) is 0 Å². The van der Waals surface area contributed by atoms with E-state index in [1.165, 1.54) is 48.7 Å². The molecule has 0 unspecified atom stereocenters. The van der Waals surface area contributed by atoms with E-state index in [0.29, 0.717) is 22.9 Å². The Morgan fingerprint density at radius 2 is 0.911 bits per heavy atom. The first-order chi connectivity index (χ1) is 27.7. The normalized spacial score (nSPS) is 13.4. The van der Waals surface area contributed by atoms with Gasteiger partial charge in [-0.3, -0.25) is 9.97 Å². The fraction of sp³-hybridized carbons (Fsp3) is 0.0204. The molecule has 0 fully saturated rings. The second kappa shape index (κ2) is 12.0. The minimum absolute atomic E-state index is 0.418. The molecule has 1 spiro atoms. The van der Waals surface area contributed by atoms with Gasteiger partial charge < -0.3 is 8.83 Å². The monoisotopic (exact) mass is 736 g/mol. The van der Waals surface area contributed by atoms with Gasteiger partial charge in [0.1, 0.15) is 11.0 Å². The van der Waals surface area contributed by atoms with Crippen molar-refractivity contribution in [3.8, 4) is 56.3 Å². The van der Waals surface area contributed by atoms with Crippen molar-refractivity contribution >= 4 is 34.0 Å². The molecule has 5 heterocycles. The van der Waals surface area contributed by atoms with E-state index in [-0.39, 0.29) is 0 Å². The number of benzene rings is 6. The largest absolute Gasteiger partial charge is 0.434 e. The summed E-state index contributed by atoms with van der Waals surface area (Å²) in [6, 6.07) is 52.5. The molecule has 10 aromatic rings. The summed E-state index contributed by atoms with van der Waals surface area (Å²) in [5, 5.41) is 0. The van der Waals surface area contributed by atoms with Gasteiger partial charge in [0.05, 0.1) is 17.8 Å². The van der Waals surface area contributed by atoms with Crippen molar-refractivity contribution in [2.24, 2.45) is 0 Å². The lowest BCUT2D eigenvalue weighted by Crippen LogP contribution is -2.31. The molecule has 262 valence electrons. The first-order valence-corrected chi connectivity index (χ1v) is 19.3. The minimum atomic E-state index is -0.418. The second-order valence-corrected chi connectivity index (χ2v) is 15.3. The highest BCUT2D eigenvalue weighted by molar-refractivity contribution is 7.99. The van der Waals surface area contributed by atoms with E-state index in [4.69, 9.17) is 18.8 Å². The van der Waals surface area contributed by atoms with Crippen LogP contribution in [-0.2, 0) is 5.41 Å². The summed E-state index contributed by atoms with van der Waals surface area (Å²) in [5.41, 5.74) is 16.2. The molecule has 6 aromatic carbocycles. The molecule has 4 aromatic heterocycles. The number of oxazole rings is 2. The molecule has 12 rings (SSSR count). The molecule has 6 nitrogen and oxygen atoms in total. The van der Waals surface area contributed by atoms with Crippen molar-refractivity contribution < 1.29 is 8.83 Å². The third-order valence-electron chi connectivity index (χ3n) is 11.2. The fourth-order valence-corrected chi connectivity index (χ4v) is 9.93. The van der Waals surface area contributed by atoms with Gasteiger partial charge in [-0.05, 0) is 104 Å². The van der Waals surface area contributed by atoms with Gasteiger partial charge in [0, 0.05) is 33.3 Å². The third kappa shape index (κ3) is 4.58. The van der Waals surface area contributed by atoms with Crippen LogP contribution in [0.4, 0.5) is 0 Å². The van der Waals surface area contributed by atoms with Gasteiger partial charge in [0.25, 0.3) is 0 Å². The summed E-state index contributed by atoms with van der Waals surface area (Å²) in [6.07, 6.45) is 6.81. The summed E-state index contributed by atoms with van der Waals surface area (Å²) in [5.74, 6) is 1.01. The smallest absolute Gasteiger partial charge is 0.227 e. The number of aromatic nitrogens is 4. The van der Waals surface area contributed by atoms with Crippen LogP contribution in [0.15, 0.2) is 189 Å². The van der Waals surface area contributed by atoms with Crippen LogP contribution >= 0.6 is 11.8 Å². The predicted octanol–water partition coefficient (Wildman–Crippen LogP) is 12.3. The first-order valence-electron chi connectivity index (χ1n) is 18.5. The molecule has 0 saturated heterocycles. The molecule has 0 atom stereocenters. The third-order valence-corrected chi connectivity index (χ3v) is 12.4. The maximum Gasteiger partial charge on any atom is 0.227 e. The molecule has 56 heavy (non-hydrogen) atoms. The summed E-state index contributed by atoms with van der Waals surface area (Å²) in [7, 11) is 0. The minimum Gasteiger partial charge on any atom is -0.434 e. The summed E-state index contributed by atoms with van der Waals surface area (Å²) in [6.45, 7) is 0. The average Bonchev–Trinajstić information content (AvgIpc) is 3.98. The summed E-state index contributed by atoms with van der Waals surface area (Å²) >= 11 is 1.87. The first kappa shape index (κ1) is 31.3. The molecule has 0 bridgehead atoms. The van der Waals surface area contributed by atoms with Crippen LogP contribution in [0.5, 0.6) is 0 Å². The van der Waals surface area contributed by atoms with Gasteiger partial charge in [-0.2, -0.15) is 0 Å². The number of nitrogens with zero attached hydrogens (tertiary/aromatic N) is 4. The number of rotatable bonds is 4. The standard InChI is InChI=1S/C49H28N4O2S/c1-2-8-37-35(7-1)36-18-17-31(26-40(36)49(37)38-9-3-5-11-45(38)56-46-12-6-4-10-39(46)49)29-13-15-30(16-14-29)32-23-33(47-52-41-19-21-50-27-43(41)54-47)25-34(24-32)48-53-42-20-22-51-28-44(42)55-48/h1-28H. The van der Waals surface area contributed by atoms with Gasteiger partial charge in [-0.1, -0.05) is 109 Å². The zero-order valence-electron chi connectivity index (χ0n) is 29.7. The molecule has 0 radical (unpaired) electrons. The van der Waals surface area contributed by atoms with Gasteiger partial charge in [-0.15, -0.1) is 0 Å². The maximum atomic E-state index is 6.19. The van der Waals surface area contributed by atoms with E-state index in [1.807, 2.05) is 30.0 Å². The Balaban J connectivity index is 0.991. The summed E-state index contributed by atoms with van der Waals surface area (Å²) < 4.78 is 12.4. The Hall–Kier alpha value is -7.09. The van der Waals surface area contributed by atoms with Gasteiger partial charge in [0.15, 0.2) is 11.2 Å². The Kier molecular flexibility index (Phi) is 6.68. The Labute approximate surface area is 325 Å². The summed E-state index contributed by atoms with van der Waals surface area (Å²) in [4.78, 5) is 20.6. The topological polar surface area (TPSA) is 77.8 Å². The lowest BCUT2D eigenvalue weighted by atomic mass is 9.67. The van der Waals surface area contributed by atoms with E-state index in [1.54, 1.807) is 24.8 Å². The fourth-order valence-electron chi connectivity index (χ4n) is 8.74. The van der Waals surface area contributed by atoms with E-state index < -0.39 is 5.41 Å². The zero-order chi connectivity index (χ0) is 36.8. The van der Waals surface area contributed by atoms with Crippen LogP contribution < -0.4 is 0 Å². The number of pyridine rings is 2. The van der Waals surface area contributed by atoms with Gasteiger partial charge in [-0.25, -0.2) is 9.97 Å². The Morgan fingerprint density at radius 3 is 1.52 bits per heavy atom. The number of fused-ring (bicyclic) bond motifs is 11. The number of hydrogen-bond donors (Lipinski definition) is 0. The quantitative estimate of drug-likeness (QED) is 0.178. The van der Waals surface area contributed by atoms with Crippen LogP contribution in [0.3, 0.4) is 0 Å². The highest BCUT2D eigenvalue weighted by Gasteiger charge is 2.50. The highest BCUT2D eigenvalue weighted by atomic mass is 32.2. The van der Waals surface area contributed by atoms with Gasteiger partial charge in [0.2, 0.25) is 11.8 Å².